The van der Waals surface area contributed by atoms with Gasteiger partial charge >= 0.3 is 6.18 Å². The van der Waals surface area contributed by atoms with Crippen molar-refractivity contribution in [3.05, 3.63) is 70.8 Å². The summed E-state index contributed by atoms with van der Waals surface area (Å²) in [7, 11) is 1.92. The molecule has 0 spiro atoms. The number of hydrazine groups is 2. The molecule has 0 unspecified atom stereocenters. The number of hydrogen-bond acceptors (Lipinski definition) is 7. The smallest absolute Gasteiger partial charge is 0.349 e. The summed E-state index contributed by atoms with van der Waals surface area (Å²) in [5, 5.41) is 11.4. The third kappa shape index (κ3) is 6.73. The molecule has 2 fully saturated rings. The first-order chi connectivity index (χ1) is 19.2. The minimum Gasteiger partial charge on any atom is -0.349 e. The van der Waals surface area contributed by atoms with Crippen molar-refractivity contribution in [2.24, 2.45) is 5.10 Å². The van der Waals surface area contributed by atoms with Gasteiger partial charge in [0.05, 0.1) is 18.2 Å². The molecule has 9 nitrogen and oxygen atoms in total. The lowest BCUT2D eigenvalue weighted by Gasteiger charge is -2.46. The third-order valence-corrected chi connectivity index (χ3v) is 7.95. The van der Waals surface area contributed by atoms with E-state index in [0.717, 1.165) is 63.2 Å². The van der Waals surface area contributed by atoms with Crippen LogP contribution in [0.5, 0.6) is 0 Å². The molecule has 1 saturated heterocycles. The van der Waals surface area contributed by atoms with Crippen LogP contribution in [0.15, 0.2) is 53.6 Å². The number of nitrogens with zero attached hydrogens (tertiary/aromatic N) is 3. The van der Waals surface area contributed by atoms with Gasteiger partial charge in [-0.05, 0) is 60.9 Å². The van der Waals surface area contributed by atoms with Gasteiger partial charge in [-0.1, -0.05) is 30.3 Å². The van der Waals surface area contributed by atoms with E-state index >= 15 is 0 Å². The van der Waals surface area contributed by atoms with Crippen LogP contribution >= 0.6 is 0 Å². The van der Waals surface area contributed by atoms with E-state index in [1.807, 2.05) is 12.1 Å². The van der Waals surface area contributed by atoms with Gasteiger partial charge in [0, 0.05) is 38.2 Å². The molecule has 0 aromatic heterocycles. The fourth-order valence-corrected chi connectivity index (χ4v) is 5.61. The van der Waals surface area contributed by atoms with Crippen molar-refractivity contribution in [3.8, 4) is 0 Å². The van der Waals surface area contributed by atoms with Crippen LogP contribution in [0.25, 0.3) is 0 Å². The highest BCUT2D eigenvalue weighted by molar-refractivity contribution is 5.96. The molecule has 40 heavy (non-hydrogen) atoms. The quantitative estimate of drug-likeness (QED) is 0.399. The number of rotatable bonds is 8. The van der Waals surface area contributed by atoms with E-state index in [9.17, 15) is 22.8 Å². The number of likely N-dealkylation sites (tertiary alicyclic amines) is 1. The topological polar surface area (TPSA) is 101 Å². The Labute approximate surface area is 231 Å². The molecule has 0 bridgehead atoms. The van der Waals surface area contributed by atoms with Gasteiger partial charge in [-0.2, -0.15) is 13.2 Å². The molecule has 2 aromatic rings. The Kier molecular flexibility index (Phi) is 8.27. The standard InChI is InChI=1S/C28H34F3N7O2/c1-37-25(34-35-36-37)13-18-5-7-19(8-6-18)20-9-11-24(12-10-20)38-16-23(17-38)33-26(39)15-32-27(40)21-3-2-4-22(14-21)28(29,30)31/h2-8,14,20,23-24,35-36H,9-13,15-17H2,1H3,(H,32,40)(H,33,39). The minimum absolute atomic E-state index is 0.0112. The lowest BCUT2D eigenvalue weighted by molar-refractivity contribution is -0.137. The molecule has 1 saturated carbocycles. The number of carbonyl (C=O) groups is 2. The maximum Gasteiger partial charge on any atom is 0.416 e. The number of amidine groups is 1. The summed E-state index contributed by atoms with van der Waals surface area (Å²) in [6, 6.07) is 13.5. The number of carbonyl (C=O) groups excluding carboxylic acids is 2. The van der Waals surface area contributed by atoms with E-state index in [0.29, 0.717) is 12.0 Å². The predicted molar refractivity (Wildman–Crippen MR) is 144 cm³/mol. The molecular formula is C28H34F3N7O2. The number of nitrogens with one attached hydrogen (secondary N) is 4. The molecule has 0 atom stereocenters. The molecule has 2 amide bonds. The number of hydrogen-bond donors (Lipinski definition) is 4. The lowest BCUT2D eigenvalue weighted by Crippen LogP contribution is -2.63. The molecule has 1 aliphatic carbocycles. The van der Waals surface area contributed by atoms with Crippen molar-refractivity contribution in [3.63, 3.8) is 0 Å². The van der Waals surface area contributed by atoms with Crippen LogP contribution in [-0.4, -0.2) is 66.3 Å². The first-order valence-corrected chi connectivity index (χ1v) is 13.5. The number of likely N-dealkylation sites (N-methyl/N-ethyl adjacent to an activating group) is 1. The van der Waals surface area contributed by atoms with Crippen molar-refractivity contribution >= 4 is 17.6 Å². The molecular weight excluding hydrogens is 523 g/mol. The van der Waals surface area contributed by atoms with Crippen molar-refractivity contribution in [1.29, 1.82) is 0 Å². The Balaban J connectivity index is 0.996. The van der Waals surface area contributed by atoms with Crippen LogP contribution in [-0.2, 0) is 17.4 Å². The second kappa shape index (κ2) is 11.8. The van der Waals surface area contributed by atoms with Gasteiger partial charge in [-0.3, -0.25) is 19.5 Å². The monoisotopic (exact) mass is 557 g/mol. The fraction of sp³-hybridized carbons (Fsp3) is 0.464. The molecule has 2 aromatic carbocycles. The summed E-state index contributed by atoms with van der Waals surface area (Å²) in [6.07, 6.45) is 0.703. The molecule has 0 radical (unpaired) electrons. The summed E-state index contributed by atoms with van der Waals surface area (Å²) in [6.45, 7) is 1.24. The maximum absolute atomic E-state index is 12.9. The van der Waals surface area contributed by atoms with Crippen LogP contribution < -0.4 is 21.7 Å². The highest BCUT2D eigenvalue weighted by Crippen LogP contribution is 2.36. The first kappa shape index (κ1) is 27.9. The number of alkyl halides is 3. The normalized spacial score (nSPS) is 21.8. The number of hydrazone groups is 1. The van der Waals surface area contributed by atoms with Crippen molar-refractivity contribution in [2.45, 2.75) is 56.3 Å². The fourth-order valence-electron chi connectivity index (χ4n) is 5.61. The van der Waals surface area contributed by atoms with Crippen LogP contribution in [0.4, 0.5) is 13.2 Å². The Bertz CT molecular complexity index is 1240. The van der Waals surface area contributed by atoms with E-state index in [-0.39, 0.29) is 24.1 Å². The zero-order chi connectivity index (χ0) is 28.3. The number of amides is 2. The molecule has 12 heteroatoms. The van der Waals surface area contributed by atoms with Crippen LogP contribution in [0.2, 0.25) is 0 Å². The Morgan fingerprint density at radius 2 is 1.77 bits per heavy atom. The number of benzene rings is 2. The Morgan fingerprint density at radius 1 is 1.05 bits per heavy atom. The van der Waals surface area contributed by atoms with Crippen molar-refractivity contribution in [2.75, 3.05) is 26.7 Å². The lowest BCUT2D eigenvalue weighted by atomic mass is 9.80. The molecule has 5 rings (SSSR count). The van der Waals surface area contributed by atoms with E-state index < -0.39 is 17.6 Å². The van der Waals surface area contributed by atoms with Crippen molar-refractivity contribution < 1.29 is 22.8 Å². The third-order valence-electron chi connectivity index (χ3n) is 7.95. The van der Waals surface area contributed by atoms with E-state index in [2.05, 4.69) is 56.0 Å². The highest BCUT2D eigenvalue weighted by atomic mass is 19.4. The van der Waals surface area contributed by atoms with Gasteiger partial charge in [0.15, 0.2) is 0 Å². The summed E-state index contributed by atoms with van der Waals surface area (Å²) in [5.41, 5.74) is 7.24. The SMILES string of the molecule is CN1NNN=C1Cc1ccc(C2CCC(N3CC(NC(=O)CNC(=O)c4cccc(C(F)(F)F)c4)C3)CC2)cc1. The maximum atomic E-state index is 12.9. The predicted octanol–water partition coefficient (Wildman–Crippen LogP) is 2.77. The summed E-state index contributed by atoms with van der Waals surface area (Å²) in [4.78, 5) is 26.9. The Morgan fingerprint density at radius 3 is 2.42 bits per heavy atom. The second-order valence-electron chi connectivity index (χ2n) is 10.7. The Hall–Kier alpha value is -3.64. The van der Waals surface area contributed by atoms with Gasteiger partial charge in [-0.25, -0.2) is 5.53 Å². The molecule has 3 aliphatic rings. The summed E-state index contributed by atoms with van der Waals surface area (Å²) < 4.78 is 38.6. The van der Waals surface area contributed by atoms with Gasteiger partial charge in [0.1, 0.15) is 5.84 Å². The molecule has 214 valence electrons. The van der Waals surface area contributed by atoms with Crippen LogP contribution in [0.3, 0.4) is 0 Å². The van der Waals surface area contributed by atoms with Crippen LogP contribution in [0.1, 0.15) is 58.6 Å². The summed E-state index contributed by atoms with van der Waals surface area (Å²) in [5.74, 6) is 0.430. The summed E-state index contributed by atoms with van der Waals surface area (Å²) >= 11 is 0. The van der Waals surface area contributed by atoms with Gasteiger partial charge in [0.25, 0.3) is 5.91 Å². The van der Waals surface area contributed by atoms with Gasteiger partial charge in [-0.15, -0.1) is 10.6 Å². The van der Waals surface area contributed by atoms with Crippen molar-refractivity contribution in [1.82, 2.24) is 31.6 Å². The molecule has 2 heterocycles. The average Bonchev–Trinajstić information content (AvgIpc) is 3.33. The molecule has 2 aliphatic heterocycles. The van der Waals surface area contributed by atoms with Gasteiger partial charge in [0.2, 0.25) is 5.91 Å². The van der Waals surface area contributed by atoms with E-state index in [4.69, 9.17) is 0 Å². The minimum atomic E-state index is -4.53. The van der Waals surface area contributed by atoms with Gasteiger partial charge < -0.3 is 10.6 Å². The average molecular weight is 558 g/mol. The second-order valence-corrected chi connectivity index (χ2v) is 10.7. The van der Waals surface area contributed by atoms with Crippen LogP contribution in [0, 0.1) is 0 Å². The first-order valence-electron chi connectivity index (χ1n) is 13.5. The highest BCUT2D eigenvalue weighted by Gasteiger charge is 2.35. The number of halogens is 3. The largest absolute Gasteiger partial charge is 0.416 e. The van der Waals surface area contributed by atoms with E-state index in [1.165, 1.54) is 23.3 Å². The van der Waals surface area contributed by atoms with E-state index in [1.54, 1.807) is 0 Å². The zero-order valence-corrected chi connectivity index (χ0v) is 22.3. The molecule has 4 N–H and O–H groups in total. The zero-order valence-electron chi connectivity index (χ0n) is 22.3.